The number of quaternary nitrogens is 1. The smallest absolute Gasteiger partial charge is 0.449 e. The Hall–Kier alpha value is -2.78. The quantitative estimate of drug-likeness (QED) is 0.0474. The molecule has 4 rings (SSSR count). The van der Waals surface area contributed by atoms with Crippen LogP contribution >= 0.6 is 0 Å². The number of carbonyl (C=O) groups is 3. The molecule has 1 saturated carbocycles. The summed E-state index contributed by atoms with van der Waals surface area (Å²) in [6.45, 7) is 12.7. The Bertz CT molecular complexity index is 1480. The highest BCUT2D eigenvalue weighted by atomic mass is 19.4. The SMILES string of the molecule is CC[C@H](O)[C@@H](C)[C@H]1O[C@@H]1C[C@@](C)(O)/C=C/C=C(\C)[C@H]1OC(=O)C[C@H](O)CC[C@@](C)(CC(=O)C(F)(F)F)[C@@H](OC(=O)N2CC[N+](C)(C3CCCCCC3)CC2)/C=C/[C@@H]1C. The van der Waals surface area contributed by atoms with Crippen molar-refractivity contribution >= 4 is 17.8 Å². The third-order valence-corrected chi connectivity index (χ3v) is 13.3. The summed E-state index contributed by atoms with van der Waals surface area (Å²) in [7, 11) is 2.23. The van der Waals surface area contributed by atoms with Crippen molar-refractivity contribution in [2.75, 3.05) is 33.2 Å². The minimum Gasteiger partial charge on any atom is -0.457 e. The number of ketones is 1. The van der Waals surface area contributed by atoms with E-state index < -0.39 is 78.2 Å². The summed E-state index contributed by atoms with van der Waals surface area (Å²) in [6, 6.07) is 0.517. The van der Waals surface area contributed by atoms with Crippen LogP contribution in [0.5, 0.6) is 0 Å². The molecule has 4 aliphatic rings. The fourth-order valence-corrected chi connectivity index (χ4v) is 9.07. The van der Waals surface area contributed by atoms with Gasteiger partial charge in [0.15, 0.2) is 0 Å². The number of likely N-dealkylation sites (N-methyl/N-ethyl adjacent to an activating group) is 1. The zero-order valence-electron chi connectivity index (χ0n) is 35.7. The normalized spacial score (nSPS) is 33.4. The lowest BCUT2D eigenvalue weighted by Crippen LogP contribution is -2.62. The zero-order chi connectivity index (χ0) is 43.1. The van der Waals surface area contributed by atoms with Gasteiger partial charge in [-0.05, 0) is 70.4 Å². The average molecular weight is 828 g/mol. The number of epoxide rings is 1. The van der Waals surface area contributed by atoms with Gasteiger partial charge in [-0.25, -0.2) is 4.79 Å². The molecule has 11 nitrogen and oxygen atoms in total. The van der Waals surface area contributed by atoms with E-state index >= 15 is 0 Å². The van der Waals surface area contributed by atoms with E-state index in [-0.39, 0.29) is 31.0 Å². The number of halogens is 3. The van der Waals surface area contributed by atoms with Crippen molar-refractivity contribution in [2.24, 2.45) is 17.3 Å². The van der Waals surface area contributed by atoms with Crippen LogP contribution in [0.25, 0.3) is 0 Å². The van der Waals surface area contributed by atoms with Crippen LogP contribution in [0, 0.1) is 17.3 Å². The molecule has 330 valence electrons. The summed E-state index contributed by atoms with van der Waals surface area (Å²) in [4.78, 5) is 41.1. The minimum absolute atomic E-state index is 0.0667. The van der Waals surface area contributed by atoms with Crippen LogP contribution in [0.1, 0.15) is 119 Å². The van der Waals surface area contributed by atoms with Crippen LogP contribution in [-0.4, -0.2) is 130 Å². The van der Waals surface area contributed by atoms with Gasteiger partial charge in [-0.1, -0.05) is 64.8 Å². The first-order valence-corrected chi connectivity index (χ1v) is 21.4. The number of carbonyl (C=O) groups excluding carboxylic acids is 3. The number of hydrogen-bond donors (Lipinski definition) is 3. The maximum Gasteiger partial charge on any atom is 0.449 e. The molecule has 0 radical (unpaired) electrons. The van der Waals surface area contributed by atoms with E-state index in [9.17, 15) is 42.9 Å². The van der Waals surface area contributed by atoms with Gasteiger partial charge in [0.1, 0.15) is 12.2 Å². The highest BCUT2D eigenvalue weighted by Crippen LogP contribution is 2.40. The molecular formula is C44H70F3N2O9+. The van der Waals surface area contributed by atoms with E-state index in [0.29, 0.717) is 37.5 Å². The van der Waals surface area contributed by atoms with Crippen molar-refractivity contribution in [3.63, 3.8) is 0 Å². The summed E-state index contributed by atoms with van der Waals surface area (Å²) in [6.07, 6.45) is 4.31. The molecule has 1 amide bonds. The number of piperazine rings is 1. The third-order valence-electron chi connectivity index (χ3n) is 13.3. The highest BCUT2D eigenvalue weighted by Gasteiger charge is 2.49. The van der Waals surface area contributed by atoms with Gasteiger partial charge in [0, 0.05) is 30.1 Å². The Morgan fingerprint density at radius 1 is 1.12 bits per heavy atom. The molecule has 1 aliphatic carbocycles. The van der Waals surface area contributed by atoms with Crippen molar-refractivity contribution < 1.29 is 61.6 Å². The Kier molecular flexibility index (Phi) is 16.7. The van der Waals surface area contributed by atoms with Gasteiger partial charge in [-0.15, -0.1) is 0 Å². The molecule has 10 atom stereocenters. The van der Waals surface area contributed by atoms with E-state index in [1.54, 1.807) is 50.0 Å². The van der Waals surface area contributed by atoms with Gasteiger partial charge in [-0.3, -0.25) is 14.5 Å². The second kappa shape index (κ2) is 20.2. The lowest BCUT2D eigenvalue weighted by Gasteiger charge is -2.47. The molecule has 3 N–H and O–H groups in total. The van der Waals surface area contributed by atoms with Gasteiger partial charge in [0.05, 0.1) is 75.7 Å². The Balaban J connectivity index is 1.56. The summed E-state index contributed by atoms with van der Waals surface area (Å²) in [5.41, 5.74) is -2.24. The van der Waals surface area contributed by atoms with Crippen LogP contribution < -0.4 is 0 Å². The minimum atomic E-state index is -5.12. The predicted molar refractivity (Wildman–Crippen MR) is 213 cm³/mol. The lowest BCUT2D eigenvalue weighted by molar-refractivity contribution is -0.937. The summed E-state index contributed by atoms with van der Waals surface area (Å²) >= 11 is 0. The third kappa shape index (κ3) is 13.4. The number of rotatable bonds is 12. The summed E-state index contributed by atoms with van der Waals surface area (Å²) < 4.78 is 59.9. The first-order valence-electron chi connectivity index (χ1n) is 21.4. The van der Waals surface area contributed by atoms with Gasteiger partial charge < -0.3 is 34.0 Å². The van der Waals surface area contributed by atoms with Crippen LogP contribution in [0.15, 0.2) is 36.0 Å². The molecule has 0 aromatic carbocycles. The van der Waals surface area contributed by atoms with Crippen molar-refractivity contribution in [3.8, 4) is 0 Å². The molecule has 0 aromatic heterocycles. The molecule has 0 unspecified atom stereocenters. The van der Waals surface area contributed by atoms with Gasteiger partial charge in [-0.2, -0.15) is 13.2 Å². The monoisotopic (exact) mass is 828 g/mol. The van der Waals surface area contributed by atoms with Gasteiger partial charge in [0.2, 0.25) is 5.78 Å². The van der Waals surface area contributed by atoms with E-state index in [1.165, 1.54) is 38.7 Å². The fraction of sp³-hybridized carbons (Fsp3) is 0.795. The number of ether oxygens (including phenoxy) is 3. The molecule has 3 fully saturated rings. The van der Waals surface area contributed by atoms with Gasteiger partial charge >= 0.3 is 18.2 Å². The number of Topliss-reactive ketones (excluding diaryl/α,β-unsaturated/α-hetero) is 1. The number of nitrogens with zero attached hydrogens (tertiary/aromatic N) is 2. The van der Waals surface area contributed by atoms with Crippen LogP contribution in [-0.2, 0) is 23.8 Å². The second-order valence-electron chi connectivity index (χ2n) is 18.5. The Morgan fingerprint density at radius 3 is 2.36 bits per heavy atom. The van der Waals surface area contributed by atoms with Crippen LogP contribution in [0.2, 0.25) is 0 Å². The second-order valence-corrected chi connectivity index (χ2v) is 18.5. The zero-order valence-corrected chi connectivity index (χ0v) is 35.7. The van der Waals surface area contributed by atoms with E-state index in [0.717, 1.165) is 30.4 Å². The van der Waals surface area contributed by atoms with Crippen molar-refractivity contribution in [1.82, 2.24) is 4.90 Å². The van der Waals surface area contributed by atoms with E-state index in [4.69, 9.17) is 14.2 Å². The van der Waals surface area contributed by atoms with Crippen molar-refractivity contribution in [1.29, 1.82) is 0 Å². The molecule has 3 heterocycles. The number of aliphatic hydroxyl groups is 3. The Labute approximate surface area is 343 Å². The molecule has 58 heavy (non-hydrogen) atoms. The molecule has 3 aliphatic heterocycles. The fourth-order valence-electron chi connectivity index (χ4n) is 9.07. The number of alkyl halides is 3. The topological polar surface area (TPSA) is 146 Å². The molecular weight excluding hydrogens is 757 g/mol. The summed E-state index contributed by atoms with van der Waals surface area (Å²) in [5, 5.41) is 32.2. The largest absolute Gasteiger partial charge is 0.457 e. The van der Waals surface area contributed by atoms with Crippen LogP contribution in [0.3, 0.4) is 0 Å². The van der Waals surface area contributed by atoms with Crippen LogP contribution in [0.4, 0.5) is 18.0 Å². The van der Waals surface area contributed by atoms with E-state index in [2.05, 4.69) is 7.05 Å². The van der Waals surface area contributed by atoms with Crippen molar-refractivity contribution in [3.05, 3.63) is 36.0 Å². The van der Waals surface area contributed by atoms with E-state index in [1.807, 2.05) is 13.8 Å². The molecule has 0 bridgehead atoms. The first-order chi connectivity index (χ1) is 27.1. The first kappa shape index (κ1) is 47.9. The lowest BCUT2D eigenvalue weighted by atomic mass is 9.74. The number of allylic oxidation sites excluding steroid dienone is 2. The molecule has 0 aromatic rings. The maximum absolute atomic E-state index is 13.9. The molecule has 0 spiro atoms. The number of esters is 1. The standard InChI is InChI=1S/C44H70F3N2O9/c1-8-34(51)31(4)40-35(56-40)27-43(6,55)20-13-14-29(2)39-30(3)17-18-37(42(5,28-36(52)44(45,46)47)21-19-33(50)26-38(53)58-39)57-41(54)48-22-24-49(7,25-23-48)32-15-11-9-10-12-16-32/h13-14,17-18,20,30-35,37,39-40,50-51,55H,8-12,15-16,19,21-28H2,1-7H3/q+1/b18-17+,20-13+,29-14+/t30-,31+,33+,34-,35+,37-,39+,40+,42-,43-/m0/s1. The number of hydrogen-bond acceptors (Lipinski definition) is 9. The Morgan fingerprint density at radius 2 is 1.76 bits per heavy atom. The average Bonchev–Trinajstić information content (AvgIpc) is 3.96. The summed E-state index contributed by atoms with van der Waals surface area (Å²) in [5.74, 6) is -3.33. The predicted octanol–water partition coefficient (Wildman–Crippen LogP) is 6.97. The highest BCUT2D eigenvalue weighted by molar-refractivity contribution is 5.84. The number of cyclic esters (lactones) is 1. The van der Waals surface area contributed by atoms with Crippen molar-refractivity contribution in [2.45, 2.75) is 173 Å². The van der Waals surface area contributed by atoms with Gasteiger partial charge in [0.25, 0.3) is 0 Å². The number of aliphatic hydroxyl groups excluding tert-OH is 2. The maximum atomic E-state index is 13.9. The number of amides is 1. The molecule has 2 saturated heterocycles. The molecule has 14 heteroatoms.